The van der Waals surface area contributed by atoms with Crippen LogP contribution in [0.4, 0.5) is 5.95 Å². The van der Waals surface area contributed by atoms with Gasteiger partial charge in [-0.05, 0) is 12.8 Å². The largest absolute Gasteiger partial charge is 0.364 e. The third kappa shape index (κ3) is 2.57. The lowest BCUT2D eigenvalue weighted by Crippen LogP contribution is -2.40. The van der Waals surface area contributed by atoms with Crippen molar-refractivity contribution in [3.05, 3.63) is 34.8 Å². The van der Waals surface area contributed by atoms with E-state index in [4.69, 9.17) is 5.73 Å². The first kappa shape index (κ1) is 14.2. The lowest BCUT2D eigenvalue weighted by Gasteiger charge is -2.32. The van der Waals surface area contributed by atoms with E-state index in [0.717, 1.165) is 19.4 Å². The molecule has 0 aliphatic carbocycles. The average Bonchev–Trinajstić information content (AvgIpc) is 2.87. The molecule has 1 aliphatic heterocycles. The van der Waals surface area contributed by atoms with E-state index >= 15 is 0 Å². The van der Waals surface area contributed by atoms with E-state index in [1.54, 1.807) is 28.6 Å². The molecule has 116 valence electrons. The minimum atomic E-state index is -0.654. The number of imidazole rings is 1. The molecular weight excluding hydrogens is 286 g/mol. The number of nitrogens with two attached hydrogens (primary N) is 1. The Morgan fingerprint density at radius 2 is 2.18 bits per heavy atom. The maximum Gasteiger partial charge on any atom is 0.328 e. The quantitative estimate of drug-likeness (QED) is 0.803. The van der Waals surface area contributed by atoms with Crippen molar-refractivity contribution in [3.63, 3.8) is 0 Å². The molecule has 22 heavy (non-hydrogen) atoms. The maximum absolute atomic E-state index is 12.0. The lowest BCUT2D eigenvalue weighted by molar-refractivity contribution is 0.0994. The Hall–Kier alpha value is -2.71. The number of nitrogens with zero attached hydrogens (tertiary/aromatic N) is 6. The van der Waals surface area contributed by atoms with Gasteiger partial charge in [-0.2, -0.15) is 0 Å². The summed E-state index contributed by atoms with van der Waals surface area (Å²) in [5.74, 6) is -0.211. The van der Waals surface area contributed by atoms with Gasteiger partial charge in [0.05, 0.1) is 12.2 Å². The van der Waals surface area contributed by atoms with Crippen molar-refractivity contribution in [1.82, 2.24) is 24.3 Å². The topological polar surface area (TPSA) is 112 Å². The summed E-state index contributed by atoms with van der Waals surface area (Å²) >= 11 is 0. The number of rotatable bonds is 3. The Kier molecular flexibility index (Phi) is 3.61. The van der Waals surface area contributed by atoms with Crippen LogP contribution in [0.5, 0.6) is 0 Å². The zero-order chi connectivity index (χ0) is 15.7. The van der Waals surface area contributed by atoms with Gasteiger partial charge < -0.3 is 15.2 Å². The minimum absolute atomic E-state index is 0.0324. The van der Waals surface area contributed by atoms with Crippen LogP contribution in [-0.4, -0.2) is 43.3 Å². The fourth-order valence-corrected chi connectivity index (χ4v) is 2.65. The number of amides is 1. The van der Waals surface area contributed by atoms with Crippen molar-refractivity contribution in [2.24, 2.45) is 12.8 Å². The maximum atomic E-state index is 12.0. The van der Waals surface area contributed by atoms with Crippen LogP contribution in [0.1, 0.15) is 29.4 Å². The van der Waals surface area contributed by atoms with Crippen LogP contribution >= 0.6 is 0 Å². The van der Waals surface area contributed by atoms with Gasteiger partial charge in [-0.25, -0.2) is 9.78 Å². The van der Waals surface area contributed by atoms with E-state index in [1.807, 2.05) is 4.90 Å². The standard InChI is InChI=1S/C13H17N7O2/c1-18-5-6-20(13(18)22)9-3-2-4-19(8-9)12-15-7-10(11(14)21)16-17-12/h5-7,9H,2-4,8H2,1H3,(H2,14,21). The molecule has 1 saturated heterocycles. The molecule has 2 aromatic heterocycles. The third-order valence-electron chi connectivity index (χ3n) is 3.85. The third-order valence-corrected chi connectivity index (χ3v) is 3.85. The van der Waals surface area contributed by atoms with Crippen LogP contribution in [-0.2, 0) is 7.05 Å². The second kappa shape index (κ2) is 5.58. The number of carbonyl (C=O) groups excluding carboxylic acids is 1. The Labute approximate surface area is 126 Å². The fraction of sp³-hybridized carbons (Fsp3) is 0.462. The van der Waals surface area contributed by atoms with E-state index in [2.05, 4.69) is 15.2 Å². The molecule has 3 rings (SSSR count). The molecule has 1 amide bonds. The molecule has 9 nitrogen and oxygen atoms in total. The molecule has 0 aromatic carbocycles. The van der Waals surface area contributed by atoms with Gasteiger partial charge in [-0.1, -0.05) is 0 Å². The molecule has 1 unspecified atom stereocenters. The van der Waals surface area contributed by atoms with E-state index < -0.39 is 5.91 Å². The summed E-state index contributed by atoms with van der Waals surface area (Å²) in [5.41, 5.74) is 5.13. The normalized spacial score (nSPS) is 18.4. The highest BCUT2D eigenvalue weighted by molar-refractivity contribution is 5.90. The zero-order valence-electron chi connectivity index (χ0n) is 12.2. The summed E-state index contributed by atoms with van der Waals surface area (Å²) in [5, 5.41) is 7.72. The van der Waals surface area contributed by atoms with E-state index in [-0.39, 0.29) is 17.4 Å². The first-order valence-electron chi connectivity index (χ1n) is 7.04. The summed E-state index contributed by atoms with van der Waals surface area (Å²) < 4.78 is 3.29. The second-order valence-electron chi connectivity index (χ2n) is 5.35. The van der Waals surface area contributed by atoms with E-state index in [9.17, 15) is 9.59 Å². The van der Waals surface area contributed by atoms with Gasteiger partial charge in [0, 0.05) is 32.5 Å². The van der Waals surface area contributed by atoms with Crippen molar-refractivity contribution < 1.29 is 4.79 Å². The minimum Gasteiger partial charge on any atom is -0.364 e. The molecule has 0 spiro atoms. The number of aromatic nitrogens is 5. The highest BCUT2D eigenvalue weighted by Crippen LogP contribution is 2.22. The number of hydrogen-bond acceptors (Lipinski definition) is 6. The predicted molar refractivity (Wildman–Crippen MR) is 78.5 cm³/mol. The van der Waals surface area contributed by atoms with Crippen LogP contribution in [0.15, 0.2) is 23.4 Å². The summed E-state index contributed by atoms with van der Waals surface area (Å²) in [6.07, 6.45) is 6.72. The van der Waals surface area contributed by atoms with Crippen molar-refractivity contribution in [2.45, 2.75) is 18.9 Å². The van der Waals surface area contributed by atoms with E-state index in [1.165, 1.54) is 6.20 Å². The van der Waals surface area contributed by atoms with Crippen LogP contribution in [0.2, 0.25) is 0 Å². The molecule has 0 radical (unpaired) electrons. The molecule has 1 atom stereocenters. The zero-order valence-corrected chi connectivity index (χ0v) is 12.2. The second-order valence-corrected chi connectivity index (χ2v) is 5.35. The summed E-state index contributed by atoms with van der Waals surface area (Å²) in [4.78, 5) is 29.1. The molecule has 9 heteroatoms. The highest BCUT2D eigenvalue weighted by atomic mass is 16.2. The van der Waals surface area contributed by atoms with Gasteiger partial charge in [0.25, 0.3) is 5.91 Å². The first-order valence-corrected chi connectivity index (χ1v) is 7.04. The molecule has 0 bridgehead atoms. The van der Waals surface area contributed by atoms with Crippen molar-refractivity contribution in [2.75, 3.05) is 18.0 Å². The summed E-state index contributed by atoms with van der Waals surface area (Å²) in [7, 11) is 1.73. The van der Waals surface area contributed by atoms with Gasteiger partial charge in [0.15, 0.2) is 5.69 Å². The number of primary amides is 1. The Morgan fingerprint density at radius 1 is 1.36 bits per heavy atom. The van der Waals surface area contributed by atoms with Gasteiger partial charge in [0.2, 0.25) is 5.95 Å². The average molecular weight is 303 g/mol. The Balaban J connectivity index is 1.79. The van der Waals surface area contributed by atoms with Crippen molar-refractivity contribution >= 4 is 11.9 Å². The van der Waals surface area contributed by atoms with Crippen molar-refractivity contribution in [1.29, 1.82) is 0 Å². The number of carbonyl (C=O) groups is 1. The number of anilines is 1. The van der Waals surface area contributed by atoms with Gasteiger partial charge in [0.1, 0.15) is 0 Å². The van der Waals surface area contributed by atoms with Gasteiger partial charge in [-0.15, -0.1) is 10.2 Å². The molecule has 2 aromatic rings. The first-order chi connectivity index (χ1) is 10.6. The van der Waals surface area contributed by atoms with Crippen molar-refractivity contribution in [3.8, 4) is 0 Å². The number of hydrogen-bond donors (Lipinski definition) is 1. The number of piperidine rings is 1. The Bertz CT molecular complexity index is 734. The van der Waals surface area contributed by atoms with E-state index in [0.29, 0.717) is 12.5 Å². The lowest BCUT2D eigenvalue weighted by atomic mass is 10.1. The molecule has 0 saturated carbocycles. The van der Waals surface area contributed by atoms with Gasteiger partial charge >= 0.3 is 5.69 Å². The monoisotopic (exact) mass is 303 g/mol. The molecule has 1 aliphatic rings. The SMILES string of the molecule is Cn1ccn(C2CCCN(c3ncc(C(N)=O)nn3)C2)c1=O. The van der Waals surface area contributed by atoms with Crippen LogP contribution < -0.4 is 16.3 Å². The highest BCUT2D eigenvalue weighted by Gasteiger charge is 2.24. The Morgan fingerprint density at radius 3 is 2.77 bits per heavy atom. The van der Waals surface area contributed by atoms with Gasteiger partial charge in [-0.3, -0.25) is 9.36 Å². The fourth-order valence-electron chi connectivity index (χ4n) is 2.65. The summed E-state index contributed by atoms with van der Waals surface area (Å²) in [6, 6.07) is 0.0712. The van der Waals surface area contributed by atoms with Crippen LogP contribution in [0, 0.1) is 0 Å². The van der Waals surface area contributed by atoms with Crippen LogP contribution in [0.3, 0.4) is 0 Å². The molecule has 3 heterocycles. The molecule has 2 N–H and O–H groups in total. The molecule has 1 fully saturated rings. The smallest absolute Gasteiger partial charge is 0.328 e. The summed E-state index contributed by atoms with van der Waals surface area (Å²) in [6.45, 7) is 1.41. The predicted octanol–water partition coefficient (Wildman–Crippen LogP) is -0.688. The van der Waals surface area contributed by atoms with Crippen LogP contribution in [0.25, 0.3) is 0 Å². The molecular formula is C13H17N7O2. The number of aryl methyl sites for hydroxylation is 1.